The van der Waals surface area contributed by atoms with E-state index in [0.29, 0.717) is 4.92 Å². The van der Waals surface area contributed by atoms with Crippen molar-refractivity contribution in [3.8, 4) is 0 Å². The SMILES string of the molecule is CC(=O)OC1(C[N+](=O)OCc2ccccc2)CCCCC1. The maximum absolute atomic E-state index is 12.0. The van der Waals surface area contributed by atoms with Gasteiger partial charge in [-0.3, -0.25) is 4.79 Å². The van der Waals surface area contributed by atoms with Gasteiger partial charge in [-0.25, -0.2) is 4.84 Å². The van der Waals surface area contributed by atoms with Gasteiger partial charge >= 0.3 is 5.97 Å². The van der Waals surface area contributed by atoms with E-state index in [0.717, 1.165) is 37.7 Å². The predicted octanol–water partition coefficient (Wildman–Crippen LogP) is 3.16. The van der Waals surface area contributed by atoms with Crippen LogP contribution in [-0.2, 0) is 21.0 Å². The zero-order valence-electron chi connectivity index (χ0n) is 12.4. The van der Waals surface area contributed by atoms with Crippen LogP contribution in [0.3, 0.4) is 0 Å². The standard InChI is InChI=1S/C16H22NO4/c1-14(18)21-16(10-6-3-7-11-16)13-17(19)20-12-15-8-4-2-5-9-15/h2,4-5,8-9H,3,6-7,10-13H2,1H3/q+1. The van der Waals surface area contributed by atoms with Gasteiger partial charge < -0.3 is 4.74 Å². The number of benzene rings is 1. The van der Waals surface area contributed by atoms with Crippen LogP contribution in [-0.4, -0.2) is 23.0 Å². The van der Waals surface area contributed by atoms with Crippen molar-refractivity contribution in [2.75, 3.05) is 6.54 Å². The number of ether oxygens (including phenoxy) is 1. The Morgan fingerprint density at radius 3 is 2.48 bits per heavy atom. The Morgan fingerprint density at radius 2 is 1.86 bits per heavy atom. The van der Waals surface area contributed by atoms with Crippen molar-refractivity contribution >= 4 is 5.97 Å². The van der Waals surface area contributed by atoms with Crippen molar-refractivity contribution in [2.45, 2.75) is 51.2 Å². The highest BCUT2D eigenvalue weighted by molar-refractivity contribution is 5.66. The van der Waals surface area contributed by atoms with Gasteiger partial charge in [-0.1, -0.05) is 36.8 Å². The maximum atomic E-state index is 12.0. The summed E-state index contributed by atoms with van der Waals surface area (Å²) in [5, 5.41) is 0. The summed E-state index contributed by atoms with van der Waals surface area (Å²) in [6.45, 7) is 1.68. The highest BCUT2D eigenvalue weighted by Gasteiger charge is 2.43. The first-order chi connectivity index (χ1) is 10.1. The van der Waals surface area contributed by atoms with E-state index in [4.69, 9.17) is 9.57 Å². The van der Waals surface area contributed by atoms with E-state index in [1.165, 1.54) is 6.92 Å². The summed E-state index contributed by atoms with van der Waals surface area (Å²) < 4.78 is 5.44. The van der Waals surface area contributed by atoms with Crippen molar-refractivity contribution in [3.05, 3.63) is 40.8 Å². The molecule has 21 heavy (non-hydrogen) atoms. The maximum Gasteiger partial charge on any atom is 0.303 e. The van der Waals surface area contributed by atoms with Crippen LogP contribution in [0, 0.1) is 4.91 Å². The zero-order valence-corrected chi connectivity index (χ0v) is 12.4. The Bertz CT molecular complexity index is 480. The highest BCUT2D eigenvalue weighted by Crippen LogP contribution is 2.32. The first-order valence-electron chi connectivity index (χ1n) is 7.41. The molecule has 2 rings (SSSR count). The van der Waals surface area contributed by atoms with E-state index in [9.17, 15) is 9.70 Å². The second kappa shape index (κ2) is 7.20. The lowest BCUT2D eigenvalue weighted by molar-refractivity contribution is -0.814. The van der Waals surface area contributed by atoms with E-state index >= 15 is 0 Å². The summed E-state index contributed by atoms with van der Waals surface area (Å²) in [5.41, 5.74) is 0.242. The second-order valence-electron chi connectivity index (χ2n) is 5.59. The molecule has 1 aromatic carbocycles. The van der Waals surface area contributed by atoms with Crippen LogP contribution in [0.1, 0.15) is 44.6 Å². The summed E-state index contributed by atoms with van der Waals surface area (Å²) in [6, 6.07) is 9.51. The summed E-state index contributed by atoms with van der Waals surface area (Å²) in [6.07, 6.45) is 4.51. The quantitative estimate of drug-likeness (QED) is 0.597. The summed E-state index contributed by atoms with van der Waals surface area (Å²) in [5.74, 6) is -0.339. The van der Waals surface area contributed by atoms with Gasteiger partial charge in [0.25, 0.3) is 6.54 Å². The van der Waals surface area contributed by atoms with Gasteiger partial charge in [0.15, 0.2) is 12.2 Å². The van der Waals surface area contributed by atoms with Crippen LogP contribution in [0.25, 0.3) is 0 Å². The number of carbonyl (C=O) groups excluding carboxylic acids is 1. The van der Waals surface area contributed by atoms with E-state index in [-0.39, 0.29) is 19.1 Å². The molecule has 5 nitrogen and oxygen atoms in total. The molecular formula is C16H22NO4+. The molecule has 1 aromatic rings. The largest absolute Gasteiger partial charge is 0.452 e. The van der Waals surface area contributed by atoms with E-state index < -0.39 is 5.60 Å². The van der Waals surface area contributed by atoms with Crippen LogP contribution < -0.4 is 0 Å². The van der Waals surface area contributed by atoms with Crippen molar-refractivity contribution in [1.29, 1.82) is 0 Å². The third kappa shape index (κ3) is 4.85. The molecule has 0 aliphatic heterocycles. The fraction of sp³-hybridized carbons (Fsp3) is 0.562. The summed E-state index contributed by atoms with van der Waals surface area (Å²) in [7, 11) is 0. The lowest BCUT2D eigenvalue weighted by Gasteiger charge is -2.32. The topological polar surface area (TPSA) is 55.6 Å². The molecule has 0 bridgehead atoms. The van der Waals surface area contributed by atoms with Gasteiger partial charge in [-0.05, 0) is 31.2 Å². The fourth-order valence-electron chi connectivity index (χ4n) is 2.80. The predicted molar refractivity (Wildman–Crippen MR) is 77.3 cm³/mol. The zero-order chi connectivity index (χ0) is 15.1. The minimum atomic E-state index is -0.692. The van der Waals surface area contributed by atoms with Crippen molar-refractivity contribution in [2.24, 2.45) is 0 Å². The van der Waals surface area contributed by atoms with Crippen molar-refractivity contribution in [3.63, 3.8) is 0 Å². The van der Waals surface area contributed by atoms with Gasteiger partial charge in [-0.15, -0.1) is 0 Å². The van der Waals surface area contributed by atoms with Crippen LogP contribution in [0.15, 0.2) is 30.3 Å². The Morgan fingerprint density at radius 1 is 1.19 bits per heavy atom. The first kappa shape index (κ1) is 15.5. The molecule has 0 radical (unpaired) electrons. The van der Waals surface area contributed by atoms with Gasteiger partial charge in [0.1, 0.15) is 0 Å². The summed E-state index contributed by atoms with van der Waals surface area (Å²) in [4.78, 5) is 29.0. The molecule has 1 fully saturated rings. The number of esters is 1. The Balaban J connectivity index is 1.90. The van der Waals surface area contributed by atoms with E-state index in [2.05, 4.69) is 0 Å². The minimum Gasteiger partial charge on any atom is -0.452 e. The number of rotatable bonds is 6. The Labute approximate surface area is 124 Å². The van der Waals surface area contributed by atoms with Crippen molar-refractivity contribution in [1.82, 2.24) is 0 Å². The fourth-order valence-corrected chi connectivity index (χ4v) is 2.80. The highest BCUT2D eigenvalue weighted by atomic mass is 16.8. The first-order valence-corrected chi connectivity index (χ1v) is 7.41. The molecule has 1 saturated carbocycles. The molecule has 114 valence electrons. The molecule has 0 heterocycles. The third-order valence-corrected chi connectivity index (χ3v) is 3.76. The molecule has 1 aliphatic rings. The van der Waals surface area contributed by atoms with Crippen LogP contribution in [0.2, 0.25) is 0 Å². The average molecular weight is 292 g/mol. The number of hydrogen-bond donors (Lipinski definition) is 0. The molecule has 0 atom stereocenters. The molecule has 1 aliphatic carbocycles. The monoisotopic (exact) mass is 292 g/mol. The molecule has 0 amide bonds. The Hall–Kier alpha value is -1.91. The molecule has 5 heteroatoms. The third-order valence-electron chi connectivity index (χ3n) is 3.76. The minimum absolute atomic E-state index is 0.0689. The molecular weight excluding hydrogens is 270 g/mol. The molecule has 0 aromatic heterocycles. The number of carbonyl (C=O) groups is 1. The number of hydrogen-bond acceptors (Lipinski definition) is 4. The lowest BCUT2D eigenvalue weighted by atomic mass is 9.84. The van der Waals surface area contributed by atoms with Crippen LogP contribution >= 0.6 is 0 Å². The van der Waals surface area contributed by atoms with E-state index in [1.807, 2.05) is 30.3 Å². The normalized spacial score (nSPS) is 17.0. The van der Waals surface area contributed by atoms with Crippen LogP contribution in [0.4, 0.5) is 0 Å². The number of nitrogens with zero attached hydrogens (tertiary/aromatic N) is 1. The molecule has 0 saturated heterocycles. The lowest BCUT2D eigenvalue weighted by Crippen LogP contribution is -2.44. The Kier molecular flexibility index (Phi) is 5.31. The molecule has 0 unspecified atom stereocenters. The van der Waals surface area contributed by atoms with Gasteiger partial charge in [0.2, 0.25) is 4.92 Å². The second-order valence-corrected chi connectivity index (χ2v) is 5.59. The molecule has 0 N–H and O–H groups in total. The van der Waals surface area contributed by atoms with Gasteiger partial charge in [0, 0.05) is 6.92 Å². The molecule has 0 spiro atoms. The van der Waals surface area contributed by atoms with Crippen molar-refractivity contribution < 1.29 is 19.3 Å². The summed E-state index contributed by atoms with van der Waals surface area (Å²) >= 11 is 0. The van der Waals surface area contributed by atoms with Crippen LogP contribution in [0.5, 0.6) is 0 Å². The van der Waals surface area contributed by atoms with Gasteiger partial charge in [-0.2, -0.15) is 0 Å². The van der Waals surface area contributed by atoms with E-state index in [1.54, 1.807) is 0 Å². The average Bonchev–Trinajstić information content (AvgIpc) is 2.46. The smallest absolute Gasteiger partial charge is 0.303 e. The van der Waals surface area contributed by atoms with Gasteiger partial charge in [0.05, 0.1) is 4.91 Å².